The van der Waals surface area contributed by atoms with Gasteiger partial charge in [-0.05, 0) is 24.6 Å². The zero-order valence-corrected chi connectivity index (χ0v) is 9.27. The Labute approximate surface area is 94.4 Å². The second kappa shape index (κ2) is 5.76. The van der Waals surface area contributed by atoms with Crippen LogP contribution in [0.1, 0.15) is 23.7 Å². The summed E-state index contributed by atoms with van der Waals surface area (Å²) >= 11 is 0. The number of carbonyl (C=O) groups excluding carboxylic acids is 1. The predicted octanol–water partition coefficient (Wildman–Crippen LogP) is 2.19. The standard InChI is InChI=1S/C12H13NO3/c1-3-10(7-13)16-11-5-4-9(8-14)6-12(11)15-2/h4-6,8,10H,3H2,1-2H3. The number of methoxy groups -OCH3 is 1. The van der Waals surface area contributed by atoms with E-state index in [4.69, 9.17) is 14.7 Å². The van der Waals surface area contributed by atoms with Crippen LogP contribution in [0.25, 0.3) is 0 Å². The highest BCUT2D eigenvalue weighted by Crippen LogP contribution is 2.28. The summed E-state index contributed by atoms with van der Waals surface area (Å²) in [7, 11) is 1.49. The van der Waals surface area contributed by atoms with Gasteiger partial charge in [-0.25, -0.2) is 0 Å². The van der Waals surface area contributed by atoms with Crippen molar-refractivity contribution in [2.75, 3.05) is 7.11 Å². The average molecular weight is 219 g/mol. The summed E-state index contributed by atoms with van der Waals surface area (Å²) in [6.07, 6.45) is 0.819. The van der Waals surface area contributed by atoms with Crippen molar-refractivity contribution >= 4 is 6.29 Å². The van der Waals surface area contributed by atoms with Crippen molar-refractivity contribution in [2.45, 2.75) is 19.4 Å². The number of hydrogen-bond donors (Lipinski definition) is 0. The maximum absolute atomic E-state index is 10.6. The first kappa shape index (κ1) is 12.1. The lowest BCUT2D eigenvalue weighted by atomic mass is 10.2. The normalized spacial score (nSPS) is 11.3. The summed E-state index contributed by atoms with van der Waals surface area (Å²) in [6, 6.07) is 6.86. The van der Waals surface area contributed by atoms with Crippen molar-refractivity contribution in [1.82, 2.24) is 0 Å². The molecular formula is C12H13NO3. The van der Waals surface area contributed by atoms with Crippen molar-refractivity contribution in [2.24, 2.45) is 0 Å². The van der Waals surface area contributed by atoms with Gasteiger partial charge in [-0.15, -0.1) is 0 Å². The molecule has 1 unspecified atom stereocenters. The highest BCUT2D eigenvalue weighted by Gasteiger charge is 2.11. The molecule has 0 aliphatic rings. The van der Waals surface area contributed by atoms with Crippen molar-refractivity contribution < 1.29 is 14.3 Å². The van der Waals surface area contributed by atoms with Gasteiger partial charge >= 0.3 is 0 Å². The van der Waals surface area contributed by atoms with Crippen LogP contribution < -0.4 is 9.47 Å². The topological polar surface area (TPSA) is 59.3 Å². The molecule has 0 N–H and O–H groups in total. The van der Waals surface area contributed by atoms with Gasteiger partial charge in [-0.2, -0.15) is 5.26 Å². The third-order valence-electron chi connectivity index (χ3n) is 2.11. The van der Waals surface area contributed by atoms with Crippen LogP contribution in [0, 0.1) is 11.3 Å². The highest BCUT2D eigenvalue weighted by molar-refractivity contribution is 5.76. The van der Waals surface area contributed by atoms with Gasteiger partial charge in [0.2, 0.25) is 0 Å². The Morgan fingerprint density at radius 1 is 1.50 bits per heavy atom. The molecule has 1 rings (SSSR count). The molecule has 1 aromatic rings. The van der Waals surface area contributed by atoms with Crippen LogP contribution in [0.5, 0.6) is 11.5 Å². The summed E-state index contributed by atoms with van der Waals surface area (Å²) in [4.78, 5) is 10.6. The zero-order valence-electron chi connectivity index (χ0n) is 9.27. The van der Waals surface area contributed by atoms with E-state index in [9.17, 15) is 4.79 Å². The average Bonchev–Trinajstić information content (AvgIpc) is 2.35. The Balaban J connectivity index is 2.96. The fourth-order valence-electron chi connectivity index (χ4n) is 1.21. The number of carbonyl (C=O) groups is 1. The maximum Gasteiger partial charge on any atom is 0.184 e. The lowest BCUT2D eigenvalue weighted by molar-refractivity contribution is 0.112. The molecule has 0 aliphatic heterocycles. The first-order valence-corrected chi connectivity index (χ1v) is 4.94. The summed E-state index contributed by atoms with van der Waals surface area (Å²) in [6.45, 7) is 1.86. The van der Waals surface area contributed by atoms with E-state index < -0.39 is 6.10 Å². The molecule has 4 heteroatoms. The fourth-order valence-corrected chi connectivity index (χ4v) is 1.21. The van der Waals surface area contributed by atoms with E-state index in [1.807, 2.05) is 13.0 Å². The molecule has 16 heavy (non-hydrogen) atoms. The lowest BCUT2D eigenvalue weighted by Crippen LogP contribution is -2.12. The van der Waals surface area contributed by atoms with E-state index in [0.717, 1.165) is 6.29 Å². The number of ether oxygens (including phenoxy) is 2. The molecule has 1 aromatic carbocycles. The minimum Gasteiger partial charge on any atom is -0.493 e. The summed E-state index contributed by atoms with van der Waals surface area (Å²) in [5.41, 5.74) is 0.509. The van der Waals surface area contributed by atoms with Crippen LogP contribution in [0.3, 0.4) is 0 Å². The second-order valence-electron chi connectivity index (χ2n) is 3.17. The van der Waals surface area contributed by atoms with Crippen molar-refractivity contribution in [3.63, 3.8) is 0 Å². The molecule has 0 aliphatic carbocycles. The second-order valence-corrected chi connectivity index (χ2v) is 3.17. The Kier molecular flexibility index (Phi) is 4.34. The molecule has 0 spiro atoms. The zero-order chi connectivity index (χ0) is 12.0. The molecule has 0 radical (unpaired) electrons. The molecule has 0 amide bonds. The van der Waals surface area contributed by atoms with Gasteiger partial charge in [0, 0.05) is 5.56 Å². The monoisotopic (exact) mass is 219 g/mol. The molecule has 0 aromatic heterocycles. The minimum absolute atomic E-state index is 0.457. The van der Waals surface area contributed by atoms with Gasteiger partial charge in [-0.1, -0.05) is 6.92 Å². The van der Waals surface area contributed by atoms with Crippen LogP contribution in [-0.4, -0.2) is 19.5 Å². The number of rotatable bonds is 5. The Morgan fingerprint density at radius 3 is 2.75 bits per heavy atom. The van der Waals surface area contributed by atoms with Crippen LogP contribution >= 0.6 is 0 Å². The van der Waals surface area contributed by atoms with Gasteiger partial charge in [0.15, 0.2) is 17.6 Å². The fraction of sp³-hybridized carbons (Fsp3) is 0.333. The van der Waals surface area contributed by atoms with E-state index in [2.05, 4.69) is 0 Å². The van der Waals surface area contributed by atoms with Gasteiger partial charge in [0.1, 0.15) is 12.4 Å². The van der Waals surface area contributed by atoms with Crippen molar-refractivity contribution in [1.29, 1.82) is 5.26 Å². The lowest BCUT2D eigenvalue weighted by Gasteiger charge is -2.13. The predicted molar refractivity (Wildman–Crippen MR) is 58.7 cm³/mol. The Bertz CT molecular complexity index is 409. The molecule has 0 saturated heterocycles. The van der Waals surface area contributed by atoms with Crippen molar-refractivity contribution in [3.8, 4) is 17.6 Å². The molecule has 0 bridgehead atoms. The van der Waals surface area contributed by atoms with Crippen LogP contribution in [0.2, 0.25) is 0 Å². The van der Waals surface area contributed by atoms with E-state index in [0.29, 0.717) is 23.5 Å². The largest absolute Gasteiger partial charge is 0.493 e. The molecule has 0 fully saturated rings. The number of nitriles is 1. The molecule has 4 nitrogen and oxygen atoms in total. The first-order valence-electron chi connectivity index (χ1n) is 4.94. The van der Waals surface area contributed by atoms with E-state index >= 15 is 0 Å². The quantitative estimate of drug-likeness (QED) is 0.712. The molecular weight excluding hydrogens is 206 g/mol. The highest BCUT2D eigenvalue weighted by atomic mass is 16.5. The number of benzene rings is 1. The molecule has 84 valence electrons. The number of aldehydes is 1. The van der Waals surface area contributed by atoms with Gasteiger partial charge in [-0.3, -0.25) is 4.79 Å². The summed E-state index contributed by atoms with van der Waals surface area (Å²) < 4.78 is 10.5. The summed E-state index contributed by atoms with van der Waals surface area (Å²) in [5.74, 6) is 0.930. The maximum atomic E-state index is 10.6. The smallest absolute Gasteiger partial charge is 0.184 e. The first-order chi connectivity index (χ1) is 7.74. The van der Waals surface area contributed by atoms with E-state index in [1.165, 1.54) is 7.11 Å². The molecule has 1 atom stereocenters. The molecule has 0 heterocycles. The third kappa shape index (κ3) is 2.74. The van der Waals surface area contributed by atoms with Gasteiger partial charge < -0.3 is 9.47 Å². The van der Waals surface area contributed by atoms with Crippen LogP contribution in [-0.2, 0) is 0 Å². The van der Waals surface area contributed by atoms with Gasteiger partial charge in [0.05, 0.1) is 7.11 Å². The summed E-state index contributed by atoms with van der Waals surface area (Å²) in [5, 5.41) is 8.78. The van der Waals surface area contributed by atoms with Crippen molar-refractivity contribution in [3.05, 3.63) is 23.8 Å². The van der Waals surface area contributed by atoms with Gasteiger partial charge in [0.25, 0.3) is 0 Å². The minimum atomic E-state index is -0.504. The SMILES string of the molecule is CCC(C#N)Oc1ccc(C=O)cc1OC. The number of nitrogens with zero attached hydrogens (tertiary/aromatic N) is 1. The Morgan fingerprint density at radius 2 is 2.25 bits per heavy atom. The Hall–Kier alpha value is -2.02. The molecule has 0 saturated carbocycles. The number of hydrogen-bond acceptors (Lipinski definition) is 4. The van der Waals surface area contributed by atoms with Crippen LogP contribution in [0.4, 0.5) is 0 Å². The third-order valence-corrected chi connectivity index (χ3v) is 2.11. The van der Waals surface area contributed by atoms with Crippen LogP contribution in [0.15, 0.2) is 18.2 Å². The van der Waals surface area contributed by atoms with E-state index in [1.54, 1.807) is 18.2 Å². The van der Waals surface area contributed by atoms with E-state index in [-0.39, 0.29) is 0 Å².